The maximum Gasteiger partial charge on any atom is 0.0562 e. The molecule has 0 saturated carbocycles. The van der Waals surface area contributed by atoms with Crippen molar-refractivity contribution in [3.05, 3.63) is 126 Å². The Bertz CT molecular complexity index is 1340. The molecule has 3 N–H and O–H groups in total. The van der Waals surface area contributed by atoms with E-state index in [4.69, 9.17) is 0 Å². The van der Waals surface area contributed by atoms with Crippen LogP contribution in [0.2, 0.25) is 0 Å². The number of aryl methyl sites for hydroxylation is 2. The first-order valence-electron chi connectivity index (χ1n) is 12.4. The average molecular weight is 461 g/mol. The van der Waals surface area contributed by atoms with Crippen LogP contribution < -0.4 is 10.6 Å². The highest BCUT2D eigenvalue weighted by Gasteiger charge is 2.04. The Labute approximate surface area is 207 Å². The minimum absolute atomic E-state index is 0.762. The molecule has 176 valence electrons. The first-order chi connectivity index (χ1) is 17.3. The third-order valence-corrected chi connectivity index (χ3v) is 6.39. The van der Waals surface area contributed by atoms with E-state index < -0.39 is 0 Å². The third kappa shape index (κ3) is 6.37. The second-order valence-corrected chi connectivity index (χ2v) is 8.98. The summed E-state index contributed by atoms with van der Waals surface area (Å²) in [6.07, 6.45) is 8.35. The van der Waals surface area contributed by atoms with Gasteiger partial charge in [0.2, 0.25) is 0 Å². The van der Waals surface area contributed by atoms with Crippen molar-refractivity contribution in [1.29, 1.82) is 0 Å². The Morgan fingerprint density at radius 3 is 2.40 bits per heavy atom. The van der Waals surface area contributed by atoms with Gasteiger partial charge in [0, 0.05) is 41.2 Å². The van der Waals surface area contributed by atoms with Crippen molar-refractivity contribution in [3.8, 4) is 0 Å². The Kier molecular flexibility index (Phi) is 7.52. The summed E-state index contributed by atoms with van der Waals surface area (Å²) in [5, 5.41) is 8.35. The number of anilines is 2. The number of rotatable bonds is 11. The molecule has 0 radical (unpaired) electrons. The van der Waals surface area contributed by atoms with Gasteiger partial charge >= 0.3 is 0 Å². The minimum atomic E-state index is 0.762. The molecule has 0 aliphatic carbocycles. The van der Waals surface area contributed by atoms with Gasteiger partial charge in [0.15, 0.2) is 0 Å². The number of nitrogens with one attached hydrogen (secondary N) is 3. The highest BCUT2D eigenvalue weighted by Crippen LogP contribution is 2.21. The van der Waals surface area contributed by atoms with Gasteiger partial charge in [0.05, 0.1) is 5.69 Å². The van der Waals surface area contributed by atoms with Gasteiger partial charge in [-0.15, -0.1) is 0 Å². The molecule has 0 saturated heterocycles. The number of pyridine rings is 1. The molecule has 4 heteroatoms. The molecule has 0 aliphatic rings. The smallest absolute Gasteiger partial charge is 0.0562 e. The number of aromatic amines is 1. The van der Waals surface area contributed by atoms with Gasteiger partial charge in [-0.3, -0.25) is 4.98 Å². The van der Waals surface area contributed by atoms with Crippen molar-refractivity contribution in [2.75, 3.05) is 11.9 Å². The van der Waals surface area contributed by atoms with Crippen molar-refractivity contribution in [2.45, 2.75) is 32.2 Å². The first-order valence-corrected chi connectivity index (χ1v) is 12.4. The fourth-order valence-electron chi connectivity index (χ4n) is 4.49. The third-order valence-electron chi connectivity index (χ3n) is 6.39. The summed E-state index contributed by atoms with van der Waals surface area (Å²) in [7, 11) is 0. The summed E-state index contributed by atoms with van der Waals surface area (Å²) in [5.74, 6) is 0. The predicted molar refractivity (Wildman–Crippen MR) is 146 cm³/mol. The van der Waals surface area contributed by atoms with Crippen molar-refractivity contribution in [2.24, 2.45) is 0 Å². The van der Waals surface area contributed by atoms with E-state index >= 15 is 0 Å². The van der Waals surface area contributed by atoms with Crippen LogP contribution in [0.1, 0.15) is 28.8 Å². The molecule has 0 spiro atoms. The summed E-state index contributed by atoms with van der Waals surface area (Å²) in [4.78, 5) is 7.88. The number of aromatic nitrogens is 2. The molecule has 0 atom stereocenters. The maximum absolute atomic E-state index is 4.51. The van der Waals surface area contributed by atoms with Crippen LogP contribution in [0.15, 0.2) is 103 Å². The molecule has 0 amide bonds. The molecular formula is C31H32N4. The van der Waals surface area contributed by atoms with Crippen molar-refractivity contribution < 1.29 is 0 Å². The molecule has 0 fully saturated rings. The first kappa shape index (κ1) is 22.9. The Morgan fingerprint density at radius 1 is 0.714 bits per heavy atom. The van der Waals surface area contributed by atoms with Crippen LogP contribution >= 0.6 is 0 Å². The van der Waals surface area contributed by atoms with Crippen LogP contribution in [0.5, 0.6) is 0 Å². The monoisotopic (exact) mass is 460 g/mol. The van der Waals surface area contributed by atoms with Crippen LogP contribution in [0, 0.1) is 0 Å². The Morgan fingerprint density at radius 2 is 1.51 bits per heavy atom. The molecule has 0 unspecified atom stereocenters. The van der Waals surface area contributed by atoms with E-state index in [1.807, 2.05) is 12.3 Å². The summed E-state index contributed by atoms with van der Waals surface area (Å²) < 4.78 is 0. The van der Waals surface area contributed by atoms with Crippen LogP contribution in [0.25, 0.3) is 10.9 Å². The van der Waals surface area contributed by atoms with Gasteiger partial charge in [0.1, 0.15) is 0 Å². The highest BCUT2D eigenvalue weighted by atomic mass is 14.9. The number of hydrogen-bond acceptors (Lipinski definition) is 3. The lowest BCUT2D eigenvalue weighted by molar-refractivity contribution is 0.675. The zero-order valence-corrected chi connectivity index (χ0v) is 20.0. The van der Waals surface area contributed by atoms with Crippen LogP contribution in [-0.4, -0.2) is 16.5 Å². The average Bonchev–Trinajstić information content (AvgIpc) is 3.32. The molecule has 5 aromatic rings. The molecule has 3 aromatic carbocycles. The fourth-order valence-corrected chi connectivity index (χ4v) is 4.49. The normalized spacial score (nSPS) is 11.1. The zero-order chi connectivity index (χ0) is 23.7. The molecule has 0 aliphatic heterocycles. The Balaban J connectivity index is 1.08. The number of benzene rings is 3. The van der Waals surface area contributed by atoms with E-state index in [2.05, 4.69) is 112 Å². The largest absolute Gasteiger partial charge is 0.361 e. The molecule has 2 heterocycles. The van der Waals surface area contributed by atoms with Gasteiger partial charge in [-0.25, -0.2) is 0 Å². The molecule has 2 aromatic heterocycles. The number of nitrogens with zero attached hydrogens (tertiary/aromatic N) is 1. The van der Waals surface area contributed by atoms with Gasteiger partial charge in [-0.2, -0.15) is 0 Å². The predicted octanol–water partition coefficient (Wildman–Crippen LogP) is 6.81. The van der Waals surface area contributed by atoms with Gasteiger partial charge < -0.3 is 15.6 Å². The molecule has 0 bridgehead atoms. The zero-order valence-electron chi connectivity index (χ0n) is 20.0. The second-order valence-electron chi connectivity index (χ2n) is 8.98. The quantitative estimate of drug-likeness (QED) is 0.190. The van der Waals surface area contributed by atoms with Gasteiger partial charge in [0.25, 0.3) is 0 Å². The standard InChI is InChI=1S/C31H32N4/c1-2-7-24(8-3-1)17-19-32-23-29-21-28(18-20-33-29)35-27-15-13-25(14-16-27)9-6-10-26-22-34-31-12-5-4-11-30(26)31/h1-5,7-8,11-16,18,20-22,32,34H,6,9-10,17,19,23H2,(H,33,35). The second kappa shape index (κ2) is 11.5. The topological polar surface area (TPSA) is 52.7 Å². The van der Waals surface area contributed by atoms with E-state index in [9.17, 15) is 0 Å². The van der Waals surface area contributed by atoms with Crippen molar-refractivity contribution in [3.63, 3.8) is 0 Å². The summed E-state index contributed by atoms with van der Waals surface area (Å²) in [5.41, 5.74) is 8.55. The highest BCUT2D eigenvalue weighted by molar-refractivity contribution is 5.83. The lowest BCUT2D eigenvalue weighted by Gasteiger charge is -2.10. The lowest BCUT2D eigenvalue weighted by Crippen LogP contribution is -2.17. The summed E-state index contributed by atoms with van der Waals surface area (Å²) >= 11 is 0. The minimum Gasteiger partial charge on any atom is -0.361 e. The maximum atomic E-state index is 4.51. The van der Waals surface area contributed by atoms with E-state index in [-0.39, 0.29) is 0 Å². The van der Waals surface area contributed by atoms with E-state index in [0.717, 1.165) is 55.8 Å². The molecular weight excluding hydrogens is 428 g/mol. The van der Waals surface area contributed by atoms with E-state index in [0.29, 0.717) is 0 Å². The Hall–Kier alpha value is -3.89. The van der Waals surface area contributed by atoms with E-state index in [1.54, 1.807) is 0 Å². The van der Waals surface area contributed by atoms with Crippen LogP contribution in [0.3, 0.4) is 0 Å². The van der Waals surface area contributed by atoms with Crippen LogP contribution in [0.4, 0.5) is 11.4 Å². The van der Waals surface area contributed by atoms with Gasteiger partial charge in [-0.1, -0.05) is 60.7 Å². The lowest BCUT2D eigenvalue weighted by atomic mass is 10.0. The fraction of sp³-hybridized carbons (Fsp3) is 0.194. The van der Waals surface area contributed by atoms with E-state index in [1.165, 1.54) is 27.6 Å². The number of hydrogen-bond donors (Lipinski definition) is 3. The number of para-hydroxylation sites is 1. The van der Waals surface area contributed by atoms with Gasteiger partial charge in [-0.05, 0) is 79.3 Å². The SMILES string of the molecule is c1ccc(CCNCc2cc(Nc3ccc(CCCc4c[nH]c5ccccc45)cc3)ccn2)cc1. The number of fused-ring (bicyclic) bond motifs is 1. The number of H-pyrrole nitrogens is 1. The summed E-state index contributed by atoms with van der Waals surface area (Å²) in [6.45, 7) is 1.70. The van der Waals surface area contributed by atoms with Crippen molar-refractivity contribution in [1.82, 2.24) is 15.3 Å². The van der Waals surface area contributed by atoms with Crippen molar-refractivity contribution >= 4 is 22.3 Å². The van der Waals surface area contributed by atoms with Crippen LogP contribution in [-0.2, 0) is 25.8 Å². The summed E-state index contributed by atoms with van der Waals surface area (Å²) in [6, 6.07) is 32.0. The molecule has 5 rings (SSSR count). The molecule has 4 nitrogen and oxygen atoms in total. The molecule has 35 heavy (non-hydrogen) atoms.